The summed E-state index contributed by atoms with van der Waals surface area (Å²) >= 11 is 3.14. The molecule has 2 unspecified atom stereocenters. The molecule has 4 heterocycles. The normalized spacial score (nSPS) is 21.4. The molecule has 0 saturated heterocycles. The van der Waals surface area contributed by atoms with Gasteiger partial charge >= 0.3 is 12.2 Å². The molecule has 5 N–H and O–H groups in total. The van der Waals surface area contributed by atoms with Crippen LogP contribution < -0.4 is 21.3 Å². The number of nitrogens with zero attached hydrogens (tertiary/aromatic N) is 6. The number of amides is 2. The maximum absolute atomic E-state index is 13.9. The molecule has 0 spiro atoms. The standard InChI is InChI=1S/C52H65N11O7S4/c1-31(2)69-51(64)60-35-9-5-34(6-10-35)50-55-28-46(72-50)44-20-14-38(24-48(44)74(67,68)42-17-18-42)59-40-26-57-63(30-40)22-21-32(3)70-52(65)61-36-11-7-33(8-12-36)49-54-27-45(71-49)43-19-13-37(58-39-25-56-62(4)29-39)23-47(43)73(53,66)41-15-16-41/h13-14,19-20,23-36,41-42,53,58-59H,5-12,15-18,21-22H2,1-4H3,(H,60,64)(H,61,65)/t32?,33-,34-,35-,36-,73?. The van der Waals surface area contributed by atoms with Crippen molar-refractivity contribution in [1.29, 1.82) is 4.78 Å². The molecule has 2 amide bonds. The van der Waals surface area contributed by atoms with Gasteiger partial charge in [-0.2, -0.15) is 10.2 Å². The third-order valence-electron chi connectivity index (χ3n) is 14.3. The van der Waals surface area contributed by atoms with Gasteiger partial charge in [-0.15, -0.1) is 22.7 Å². The van der Waals surface area contributed by atoms with Crippen LogP contribution in [0.2, 0.25) is 0 Å². The number of sulfone groups is 1. The van der Waals surface area contributed by atoms with Crippen LogP contribution in [0.4, 0.5) is 32.3 Å². The molecule has 4 saturated carbocycles. The molecule has 394 valence electrons. The first-order valence-electron chi connectivity index (χ1n) is 25.8. The Hall–Kier alpha value is -5.84. The maximum Gasteiger partial charge on any atom is 0.407 e. The van der Waals surface area contributed by atoms with Crippen molar-refractivity contribution in [3.8, 4) is 20.9 Å². The SMILES string of the molecule is CC(C)OC(=O)N[C@H]1CC[C@H](c2ncc(-c3ccc(Nc4cnn(CCC(C)OC(=O)N[C@H]5CC[C@H](c6ncc(-c7ccc(Nc8cnn(C)c8)cc7S(=N)(=O)C7CC7)s6)CC5)c4)cc3S(=O)(=O)C3CC3)s2)CC1. The highest BCUT2D eigenvalue weighted by Crippen LogP contribution is 2.45. The van der Waals surface area contributed by atoms with E-state index in [1.54, 1.807) is 56.7 Å². The Bertz CT molecular complexity index is 3200. The highest BCUT2D eigenvalue weighted by molar-refractivity contribution is 7.93. The Morgan fingerprint density at radius 1 is 0.662 bits per heavy atom. The van der Waals surface area contributed by atoms with Crippen LogP contribution in [0.15, 0.2) is 83.4 Å². The molecule has 2 atom stereocenters. The Morgan fingerprint density at radius 3 is 1.70 bits per heavy atom. The van der Waals surface area contributed by atoms with E-state index in [4.69, 9.17) is 24.2 Å². The summed E-state index contributed by atoms with van der Waals surface area (Å²) in [4.78, 5) is 37.3. The molecule has 0 aliphatic heterocycles. The number of carbonyl (C=O) groups excluding carboxylic acids is 2. The molecule has 6 aromatic rings. The second-order valence-electron chi connectivity index (χ2n) is 20.6. The fourth-order valence-corrected chi connectivity index (χ4v) is 16.2. The van der Waals surface area contributed by atoms with Crippen LogP contribution >= 0.6 is 22.7 Å². The number of rotatable bonds is 19. The monoisotopic (exact) mass is 1080 g/mol. The number of carbonyl (C=O) groups is 2. The van der Waals surface area contributed by atoms with Crippen molar-refractivity contribution in [3.63, 3.8) is 0 Å². The van der Waals surface area contributed by atoms with Crippen molar-refractivity contribution in [2.24, 2.45) is 7.05 Å². The average Bonchev–Trinajstić information content (AvgIpc) is 4.21. The topological polar surface area (TPSA) is 237 Å². The lowest BCUT2D eigenvalue weighted by atomic mass is 9.86. The molecule has 2 aromatic carbocycles. The fraction of sp³-hybridized carbons (Fsp3) is 0.500. The quantitative estimate of drug-likeness (QED) is 0.0508. The third-order valence-corrected chi connectivity index (χ3v) is 21.3. The van der Waals surface area contributed by atoms with E-state index in [9.17, 15) is 22.2 Å². The summed E-state index contributed by atoms with van der Waals surface area (Å²) in [5.74, 6) is 0.475. The van der Waals surface area contributed by atoms with Gasteiger partial charge in [-0.05, 0) is 122 Å². The van der Waals surface area contributed by atoms with Gasteiger partial charge in [-0.1, -0.05) is 12.1 Å². The maximum atomic E-state index is 13.9. The Morgan fingerprint density at radius 2 is 1.18 bits per heavy atom. The summed E-state index contributed by atoms with van der Waals surface area (Å²) in [7, 11) is -4.73. The van der Waals surface area contributed by atoms with Gasteiger partial charge in [0.2, 0.25) is 0 Å². The van der Waals surface area contributed by atoms with Crippen molar-refractivity contribution in [2.45, 2.75) is 167 Å². The van der Waals surface area contributed by atoms with Crippen LogP contribution in [0.1, 0.15) is 126 Å². The number of aromatic nitrogens is 6. The van der Waals surface area contributed by atoms with Crippen LogP contribution in [0, 0.1) is 4.78 Å². The summed E-state index contributed by atoms with van der Waals surface area (Å²) in [6, 6.07) is 11.3. The van der Waals surface area contributed by atoms with Crippen molar-refractivity contribution in [3.05, 3.63) is 83.6 Å². The largest absolute Gasteiger partial charge is 0.447 e. The molecule has 22 heteroatoms. The Kier molecular flexibility index (Phi) is 15.2. The molecule has 10 rings (SSSR count). The lowest BCUT2D eigenvalue weighted by Gasteiger charge is -2.28. The summed E-state index contributed by atoms with van der Waals surface area (Å²) < 4.78 is 65.1. The van der Waals surface area contributed by atoms with Gasteiger partial charge in [0, 0.05) is 96.5 Å². The van der Waals surface area contributed by atoms with E-state index in [-0.39, 0.29) is 52.7 Å². The van der Waals surface area contributed by atoms with E-state index in [0.717, 1.165) is 101 Å². The number of thiazole rings is 2. The smallest absolute Gasteiger partial charge is 0.407 e. The number of hydrogen-bond donors (Lipinski definition) is 5. The number of nitrogens with one attached hydrogen (secondary N) is 5. The molecule has 74 heavy (non-hydrogen) atoms. The first kappa shape index (κ1) is 51.6. The molecule has 0 radical (unpaired) electrons. The second-order valence-corrected chi connectivity index (χ2v) is 27.2. The molecular weight excluding hydrogens is 1020 g/mol. The molecule has 4 aliphatic carbocycles. The van der Waals surface area contributed by atoms with Gasteiger partial charge in [0.25, 0.3) is 0 Å². The number of hydrogen-bond acceptors (Lipinski definition) is 16. The summed E-state index contributed by atoms with van der Waals surface area (Å²) in [6.07, 6.45) is 19.5. The molecular formula is C52H65N11O7S4. The van der Waals surface area contributed by atoms with Crippen molar-refractivity contribution in [1.82, 2.24) is 40.2 Å². The predicted octanol–water partition coefficient (Wildman–Crippen LogP) is 11.2. The molecule has 4 aliphatic rings. The number of ether oxygens (including phenoxy) is 2. The van der Waals surface area contributed by atoms with Crippen LogP contribution in [0.3, 0.4) is 0 Å². The van der Waals surface area contributed by atoms with E-state index in [2.05, 4.69) is 31.5 Å². The van der Waals surface area contributed by atoms with Gasteiger partial charge in [-0.25, -0.2) is 37.0 Å². The van der Waals surface area contributed by atoms with Crippen molar-refractivity contribution >= 4 is 77.2 Å². The van der Waals surface area contributed by atoms with Crippen molar-refractivity contribution in [2.75, 3.05) is 10.6 Å². The molecule has 4 fully saturated rings. The lowest BCUT2D eigenvalue weighted by molar-refractivity contribution is 0.0938. The van der Waals surface area contributed by atoms with Crippen LogP contribution in [0.25, 0.3) is 20.9 Å². The van der Waals surface area contributed by atoms with Gasteiger partial charge < -0.3 is 30.7 Å². The first-order chi connectivity index (χ1) is 35.5. The summed E-state index contributed by atoms with van der Waals surface area (Å²) in [5, 5.41) is 23.0. The van der Waals surface area contributed by atoms with Crippen molar-refractivity contribution < 1.29 is 31.7 Å². The van der Waals surface area contributed by atoms with Gasteiger partial charge in [0.15, 0.2) is 9.84 Å². The first-order valence-corrected chi connectivity index (χ1v) is 30.6. The van der Waals surface area contributed by atoms with Gasteiger partial charge in [-0.3, -0.25) is 9.36 Å². The van der Waals surface area contributed by atoms with E-state index < -0.39 is 25.7 Å². The van der Waals surface area contributed by atoms with Crippen LogP contribution in [-0.4, -0.2) is 89.1 Å². The number of benzene rings is 2. The van der Waals surface area contributed by atoms with Gasteiger partial charge in [0.05, 0.1) is 74.4 Å². The zero-order valence-electron chi connectivity index (χ0n) is 42.1. The minimum atomic E-state index is -3.57. The fourth-order valence-electron chi connectivity index (χ4n) is 9.94. The zero-order chi connectivity index (χ0) is 51.7. The third kappa shape index (κ3) is 12.3. The average molecular weight is 1080 g/mol. The van der Waals surface area contributed by atoms with E-state index in [0.29, 0.717) is 52.5 Å². The zero-order valence-corrected chi connectivity index (χ0v) is 45.4. The second kappa shape index (κ2) is 21.8. The highest BCUT2D eigenvalue weighted by atomic mass is 32.2. The molecule has 4 aromatic heterocycles. The number of aryl methyl sites for hydroxylation is 2. The minimum absolute atomic E-state index is 0.0140. The van der Waals surface area contributed by atoms with E-state index in [1.165, 1.54) is 0 Å². The lowest BCUT2D eigenvalue weighted by Crippen LogP contribution is -2.39. The predicted molar refractivity (Wildman–Crippen MR) is 288 cm³/mol. The summed E-state index contributed by atoms with van der Waals surface area (Å²) in [5.41, 5.74) is 4.36. The molecule has 18 nitrogen and oxygen atoms in total. The van der Waals surface area contributed by atoms with Crippen LogP contribution in [-0.2, 0) is 42.6 Å². The Labute approximate surface area is 440 Å². The number of anilines is 4. The van der Waals surface area contributed by atoms with E-state index >= 15 is 0 Å². The minimum Gasteiger partial charge on any atom is -0.447 e. The van der Waals surface area contributed by atoms with Gasteiger partial charge in [0.1, 0.15) is 6.10 Å². The number of alkyl carbamates (subject to hydrolysis) is 2. The van der Waals surface area contributed by atoms with E-state index in [1.807, 2.05) is 76.7 Å². The Balaban J connectivity index is 0.691. The molecule has 0 bridgehead atoms. The van der Waals surface area contributed by atoms with Crippen LogP contribution in [0.5, 0.6) is 0 Å². The summed E-state index contributed by atoms with van der Waals surface area (Å²) in [6.45, 7) is 6.03. The highest BCUT2D eigenvalue weighted by Gasteiger charge is 2.39.